The van der Waals surface area contributed by atoms with E-state index in [1.165, 1.54) is 11.3 Å². The highest BCUT2D eigenvalue weighted by Crippen LogP contribution is 2.35. The first kappa shape index (κ1) is 21.2. The van der Waals surface area contributed by atoms with Gasteiger partial charge in [-0.15, -0.1) is 0 Å². The number of amides is 1. The molecule has 0 fully saturated rings. The molecule has 0 unspecified atom stereocenters. The Morgan fingerprint density at radius 3 is 2.35 bits per heavy atom. The van der Waals surface area contributed by atoms with Crippen LogP contribution in [-0.2, 0) is 6.54 Å². The Hall–Kier alpha value is -3.09. The number of carbonyl (C=O) groups is 1. The van der Waals surface area contributed by atoms with Crippen LogP contribution in [0.15, 0.2) is 60.7 Å². The van der Waals surface area contributed by atoms with Crippen LogP contribution in [0.4, 0.5) is 5.13 Å². The van der Waals surface area contributed by atoms with Crippen LogP contribution in [0.2, 0.25) is 5.02 Å². The summed E-state index contributed by atoms with van der Waals surface area (Å²) in [7, 11) is 3.12. The van der Waals surface area contributed by atoms with E-state index in [4.69, 9.17) is 26.1 Å². The molecule has 4 aromatic rings. The van der Waals surface area contributed by atoms with E-state index in [0.717, 1.165) is 21.3 Å². The summed E-state index contributed by atoms with van der Waals surface area (Å²) in [6, 6.07) is 18.8. The fourth-order valence-electron chi connectivity index (χ4n) is 3.28. The Kier molecular flexibility index (Phi) is 6.11. The lowest BCUT2D eigenvalue weighted by atomic mass is 10.1. The van der Waals surface area contributed by atoms with Gasteiger partial charge in [-0.3, -0.25) is 9.69 Å². The first-order valence-corrected chi connectivity index (χ1v) is 10.8. The van der Waals surface area contributed by atoms with Crippen LogP contribution in [0.5, 0.6) is 11.5 Å². The standard InChI is InChI=1S/C24H21ClN2O3S/c1-15-20(25)9-10-21-22(15)26-24(31-21)27(14-16-7-5-4-6-8-16)23(28)17-11-18(29-2)13-19(12-17)30-3/h4-13H,14H2,1-3H3. The Morgan fingerprint density at radius 1 is 1.03 bits per heavy atom. The van der Waals surface area contributed by atoms with Gasteiger partial charge in [-0.05, 0) is 42.3 Å². The van der Waals surface area contributed by atoms with Gasteiger partial charge in [0.2, 0.25) is 0 Å². The van der Waals surface area contributed by atoms with E-state index >= 15 is 0 Å². The van der Waals surface area contributed by atoms with Crippen LogP contribution in [0.1, 0.15) is 21.5 Å². The van der Waals surface area contributed by atoms with Crippen LogP contribution >= 0.6 is 22.9 Å². The number of halogens is 1. The smallest absolute Gasteiger partial charge is 0.260 e. The average molecular weight is 453 g/mol. The summed E-state index contributed by atoms with van der Waals surface area (Å²) < 4.78 is 11.7. The number of benzene rings is 3. The molecule has 0 spiro atoms. The largest absolute Gasteiger partial charge is 0.497 e. The number of carbonyl (C=O) groups excluding carboxylic acids is 1. The zero-order chi connectivity index (χ0) is 22.0. The van der Waals surface area contributed by atoms with Crippen LogP contribution in [0.25, 0.3) is 10.2 Å². The molecule has 0 bridgehead atoms. The maximum Gasteiger partial charge on any atom is 0.260 e. The summed E-state index contributed by atoms with van der Waals surface area (Å²) in [4.78, 5) is 20.1. The number of aromatic nitrogens is 1. The quantitative estimate of drug-likeness (QED) is 0.353. The van der Waals surface area contributed by atoms with Crippen molar-refractivity contribution in [2.24, 2.45) is 0 Å². The molecule has 0 saturated carbocycles. The molecule has 1 amide bonds. The molecule has 0 radical (unpaired) electrons. The number of thiazole rings is 1. The van der Waals surface area contributed by atoms with Crippen LogP contribution in [0.3, 0.4) is 0 Å². The van der Waals surface area contributed by atoms with Gasteiger partial charge in [-0.2, -0.15) is 0 Å². The number of ether oxygens (including phenoxy) is 2. The third-order valence-corrected chi connectivity index (χ3v) is 6.45. The average Bonchev–Trinajstić information content (AvgIpc) is 3.24. The van der Waals surface area contributed by atoms with Gasteiger partial charge in [0.15, 0.2) is 5.13 Å². The van der Waals surface area contributed by atoms with Crippen LogP contribution < -0.4 is 14.4 Å². The molecule has 1 heterocycles. The SMILES string of the molecule is COc1cc(OC)cc(C(=O)N(Cc2ccccc2)c2nc3c(C)c(Cl)ccc3s2)c1. The maximum absolute atomic E-state index is 13.7. The van der Waals surface area contributed by atoms with Crippen molar-refractivity contribution >= 4 is 44.2 Å². The van der Waals surface area contributed by atoms with Crippen molar-refractivity contribution in [3.8, 4) is 11.5 Å². The normalized spacial score (nSPS) is 10.8. The third-order valence-electron chi connectivity index (χ3n) is 4.99. The molecule has 5 nitrogen and oxygen atoms in total. The van der Waals surface area contributed by atoms with Crippen molar-refractivity contribution in [2.45, 2.75) is 13.5 Å². The van der Waals surface area contributed by atoms with Gasteiger partial charge in [0.05, 0.1) is 31.0 Å². The number of methoxy groups -OCH3 is 2. The van der Waals surface area contributed by atoms with Crippen LogP contribution in [0, 0.1) is 6.92 Å². The molecule has 0 saturated heterocycles. The predicted octanol–water partition coefficient (Wildman–Crippen LogP) is 6.12. The second-order valence-corrected chi connectivity index (χ2v) is 8.41. The fourth-order valence-corrected chi connectivity index (χ4v) is 4.46. The van der Waals surface area contributed by atoms with E-state index in [9.17, 15) is 4.79 Å². The van der Waals surface area contributed by atoms with Crippen molar-refractivity contribution in [2.75, 3.05) is 19.1 Å². The summed E-state index contributed by atoms with van der Waals surface area (Å²) in [6.45, 7) is 2.32. The summed E-state index contributed by atoms with van der Waals surface area (Å²) in [5.74, 6) is 0.910. The minimum Gasteiger partial charge on any atom is -0.497 e. The van der Waals surface area contributed by atoms with Crippen molar-refractivity contribution < 1.29 is 14.3 Å². The number of aryl methyl sites for hydroxylation is 1. The number of fused-ring (bicyclic) bond motifs is 1. The highest BCUT2D eigenvalue weighted by atomic mass is 35.5. The number of hydrogen-bond donors (Lipinski definition) is 0. The molecular weight excluding hydrogens is 432 g/mol. The molecule has 3 aromatic carbocycles. The van der Waals surface area contributed by atoms with E-state index in [1.54, 1.807) is 37.3 Å². The first-order chi connectivity index (χ1) is 15.0. The molecule has 0 N–H and O–H groups in total. The zero-order valence-electron chi connectivity index (χ0n) is 17.4. The van der Waals surface area contributed by atoms with Crippen LogP contribution in [-0.4, -0.2) is 25.1 Å². The maximum atomic E-state index is 13.7. The van der Waals surface area contributed by atoms with Gasteiger partial charge in [0, 0.05) is 16.7 Å². The van der Waals surface area contributed by atoms with Gasteiger partial charge in [-0.25, -0.2) is 4.98 Å². The lowest BCUT2D eigenvalue weighted by molar-refractivity contribution is 0.0984. The lowest BCUT2D eigenvalue weighted by Crippen LogP contribution is -2.30. The molecule has 4 rings (SSSR count). The Morgan fingerprint density at radius 2 is 1.71 bits per heavy atom. The van der Waals surface area contributed by atoms with E-state index in [1.807, 2.05) is 49.4 Å². The van der Waals surface area contributed by atoms with E-state index in [-0.39, 0.29) is 5.91 Å². The Bertz CT molecular complexity index is 1220. The summed E-state index contributed by atoms with van der Waals surface area (Å²) in [5.41, 5.74) is 3.17. The number of nitrogens with zero attached hydrogens (tertiary/aromatic N) is 2. The predicted molar refractivity (Wildman–Crippen MR) is 126 cm³/mol. The fraction of sp³-hybridized carbons (Fsp3) is 0.167. The third kappa shape index (κ3) is 4.36. The second-order valence-electron chi connectivity index (χ2n) is 6.99. The number of rotatable bonds is 6. The summed E-state index contributed by atoms with van der Waals surface area (Å²) in [5, 5.41) is 1.26. The molecule has 0 aliphatic heterocycles. The molecule has 0 aliphatic rings. The summed E-state index contributed by atoms with van der Waals surface area (Å²) >= 11 is 7.75. The summed E-state index contributed by atoms with van der Waals surface area (Å²) in [6.07, 6.45) is 0. The molecule has 31 heavy (non-hydrogen) atoms. The highest BCUT2D eigenvalue weighted by molar-refractivity contribution is 7.22. The van der Waals surface area contributed by atoms with Gasteiger partial charge in [0.1, 0.15) is 11.5 Å². The molecular formula is C24H21ClN2O3S. The topological polar surface area (TPSA) is 51.7 Å². The van der Waals surface area contributed by atoms with Crippen molar-refractivity contribution in [3.63, 3.8) is 0 Å². The Labute approximate surface area is 189 Å². The zero-order valence-corrected chi connectivity index (χ0v) is 19.0. The number of hydrogen-bond acceptors (Lipinski definition) is 5. The molecule has 1 aromatic heterocycles. The molecule has 0 atom stereocenters. The molecule has 158 valence electrons. The van der Waals surface area contributed by atoms with Gasteiger partial charge in [0.25, 0.3) is 5.91 Å². The first-order valence-electron chi connectivity index (χ1n) is 9.64. The van der Waals surface area contributed by atoms with Crippen molar-refractivity contribution in [3.05, 3.63) is 82.4 Å². The van der Waals surface area contributed by atoms with Gasteiger partial charge in [-0.1, -0.05) is 53.3 Å². The minimum atomic E-state index is -0.191. The number of anilines is 1. The van der Waals surface area contributed by atoms with Crippen molar-refractivity contribution in [1.29, 1.82) is 0 Å². The second kappa shape index (κ2) is 8.96. The highest BCUT2D eigenvalue weighted by Gasteiger charge is 2.23. The lowest BCUT2D eigenvalue weighted by Gasteiger charge is -2.21. The van der Waals surface area contributed by atoms with Crippen molar-refractivity contribution in [1.82, 2.24) is 4.98 Å². The van der Waals surface area contributed by atoms with Gasteiger partial charge >= 0.3 is 0 Å². The van der Waals surface area contributed by atoms with E-state index in [2.05, 4.69) is 0 Å². The molecule has 0 aliphatic carbocycles. The Balaban J connectivity index is 1.82. The minimum absolute atomic E-state index is 0.191. The van der Waals surface area contributed by atoms with E-state index < -0.39 is 0 Å². The van der Waals surface area contributed by atoms with Gasteiger partial charge < -0.3 is 9.47 Å². The molecule has 7 heteroatoms. The monoisotopic (exact) mass is 452 g/mol. The van der Waals surface area contributed by atoms with E-state index in [0.29, 0.717) is 33.8 Å².